The van der Waals surface area contributed by atoms with Crippen LogP contribution >= 0.6 is 0 Å². The zero-order valence-corrected chi connectivity index (χ0v) is 9.97. The maximum atomic E-state index is 11.3. The van der Waals surface area contributed by atoms with Crippen molar-refractivity contribution in [2.24, 2.45) is 0 Å². The highest BCUT2D eigenvalue weighted by Crippen LogP contribution is 2.14. The van der Waals surface area contributed by atoms with Crippen LogP contribution in [-0.2, 0) is 9.84 Å². The Labute approximate surface area is 86.6 Å². The lowest BCUT2D eigenvalue weighted by Gasteiger charge is -2.37. The molecule has 5 heteroatoms. The summed E-state index contributed by atoms with van der Waals surface area (Å²) < 4.78 is 22.7. The highest BCUT2D eigenvalue weighted by atomic mass is 32.2. The minimum Gasteiger partial charge on any atom is -0.318 e. The first-order valence-corrected chi connectivity index (χ1v) is 6.89. The monoisotopic (exact) mass is 220 g/mol. The van der Waals surface area contributed by atoms with Gasteiger partial charge in [-0.05, 0) is 20.9 Å². The summed E-state index contributed by atoms with van der Waals surface area (Å²) in [6, 6.07) is 0.558. The van der Waals surface area contributed by atoms with E-state index in [0.29, 0.717) is 24.1 Å². The first-order chi connectivity index (χ1) is 6.46. The molecule has 1 saturated heterocycles. The van der Waals surface area contributed by atoms with E-state index in [1.807, 2.05) is 14.0 Å². The van der Waals surface area contributed by atoms with Crippen molar-refractivity contribution in [3.05, 3.63) is 0 Å². The summed E-state index contributed by atoms with van der Waals surface area (Å²) >= 11 is 0. The lowest BCUT2D eigenvalue weighted by atomic mass is 10.2. The smallest absolute Gasteiger partial charge is 0.153 e. The van der Waals surface area contributed by atoms with E-state index in [-0.39, 0.29) is 6.04 Å². The van der Waals surface area contributed by atoms with Gasteiger partial charge in [0.25, 0.3) is 0 Å². The fourth-order valence-corrected chi connectivity index (χ4v) is 3.66. The Bertz CT molecular complexity index is 277. The number of hydrogen-bond donors (Lipinski definition) is 1. The van der Waals surface area contributed by atoms with Crippen molar-refractivity contribution in [1.82, 2.24) is 10.2 Å². The molecule has 4 nitrogen and oxygen atoms in total. The zero-order chi connectivity index (χ0) is 10.8. The lowest BCUT2D eigenvalue weighted by molar-refractivity contribution is 0.167. The summed E-state index contributed by atoms with van der Waals surface area (Å²) in [6.07, 6.45) is 0. The Balaban J connectivity index is 2.58. The van der Waals surface area contributed by atoms with E-state index < -0.39 is 9.84 Å². The van der Waals surface area contributed by atoms with Gasteiger partial charge in [0.2, 0.25) is 0 Å². The molecule has 0 spiro atoms. The number of rotatable bonds is 3. The van der Waals surface area contributed by atoms with E-state index in [0.717, 1.165) is 6.54 Å². The van der Waals surface area contributed by atoms with Crippen molar-refractivity contribution < 1.29 is 8.42 Å². The van der Waals surface area contributed by atoms with E-state index in [4.69, 9.17) is 0 Å². The Morgan fingerprint density at radius 2 is 2.21 bits per heavy atom. The van der Waals surface area contributed by atoms with Gasteiger partial charge in [0.15, 0.2) is 9.84 Å². The normalized spacial score (nSPS) is 30.1. The molecule has 0 aromatic carbocycles. The van der Waals surface area contributed by atoms with E-state index in [9.17, 15) is 8.42 Å². The molecule has 0 radical (unpaired) electrons. The molecular weight excluding hydrogens is 200 g/mol. The van der Waals surface area contributed by atoms with Crippen LogP contribution < -0.4 is 5.32 Å². The Morgan fingerprint density at radius 3 is 2.71 bits per heavy atom. The van der Waals surface area contributed by atoms with Crippen molar-refractivity contribution >= 4 is 9.84 Å². The van der Waals surface area contributed by atoms with Crippen molar-refractivity contribution in [3.63, 3.8) is 0 Å². The van der Waals surface area contributed by atoms with Gasteiger partial charge < -0.3 is 5.32 Å². The van der Waals surface area contributed by atoms with E-state index in [2.05, 4.69) is 17.1 Å². The van der Waals surface area contributed by atoms with Crippen LogP contribution in [0.15, 0.2) is 0 Å². The van der Waals surface area contributed by atoms with E-state index >= 15 is 0 Å². The molecule has 1 fully saturated rings. The Kier molecular flexibility index (Phi) is 3.92. The molecular formula is C9H20N2O2S. The van der Waals surface area contributed by atoms with Gasteiger partial charge >= 0.3 is 0 Å². The molecule has 14 heavy (non-hydrogen) atoms. The fraction of sp³-hybridized carbons (Fsp3) is 1.00. The van der Waals surface area contributed by atoms with Gasteiger partial charge in [0, 0.05) is 25.2 Å². The van der Waals surface area contributed by atoms with Gasteiger partial charge in [0.1, 0.15) is 0 Å². The number of nitrogens with one attached hydrogen (secondary N) is 1. The number of nitrogens with zero attached hydrogens (tertiary/aromatic N) is 1. The molecule has 1 N–H and O–H groups in total. The molecule has 0 amide bonds. The summed E-state index contributed by atoms with van der Waals surface area (Å²) in [5, 5.41) is 3.11. The van der Waals surface area contributed by atoms with Gasteiger partial charge in [-0.1, -0.05) is 0 Å². The molecule has 1 rings (SSSR count). The van der Waals surface area contributed by atoms with Crippen LogP contribution in [0, 0.1) is 0 Å². The minimum atomic E-state index is -2.78. The van der Waals surface area contributed by atoms with Crippen LogP contribution in [-0.4, -0.2) is 57.0 Å². The highest BCUT2D eigenvalue weighted by Gasteiger charge is 2.30. The van der Waals surface area contributed by atoms with Crippen molar-refractivity contribution in [3.8, 4) is 0 Å². The second-order valence-electron chi connectivity index (χ2n) is 4.11. The molecule has 2 unspecified atom stereocenters. The second-order valence-corrected chi connectivity index (χ2v) is 6.34. The topological polar surface area (TPSA) is 49.4 Å². The van der Waals surface area contributed by atoms with Gasteiger partial charge in [-0.2, -0.15) is 0 Å². The van der Waals surface area contributed by atoms with Crippen LogP contribution in [0.1, 0.15) is 13.8 Å². The average molecular weight is 220 g/mol. The predicted octanol–water partition coefficient (Wildman–Crippen LogP) is -0.287. The number of hydrogen-bond acceptors (Lipinski definition) is 4. The minimum absolute atomic E-state index is 0.150. The zero-order valence-electron chi connectivity index (χ0n) is 9.16. The average Bonchev–Trinajstić information content (AvgIpc) is 2.02. The molecule has 0 saturated carbocycles. The first-order valence-electron chi connectivity index (χ1n) is 5.07. The molecule has 0 aromatic rings. The third-order valence-electron chi connectivity index (χ3n) is 2.79. The van der Waals surface area contributed by atoms with Crippen LogP contribution in [0.3, 0.4) is 0 Å². The van der Waals surface area contributed by atoms with Gasteiger partial charge in [-0.15, -0.1) is 0 Å². The lowest BCUT2D eigenvalue weighted by Crippen LogP contribution is -2.53. The third kappa shape index (κ3) is 2.93. The first kappa shape index (κ1) is 11.9. The standard InChI is InChI=1S/C9H20N2O2S/c1-8(6-10-3)11-4-5-14(12,13)7-9(11)2/h8-10H,4-7H2,1-3H3. The molecule has 1 heterocycles. The molecule has 0 aromatic heterocycles. The van der Waals surface area contributed by atoms with Crippen molar-refractivity contribution in [2.45, 2.75) is 25.9 Å². The van der Waals surface area contributed by atoms with Gasteiger partial charge in [-0.3, -0.25) is 4.90 Å². The summed E-state index contributed by atoms with van der Waals surface area (Å²) in [6.45, 7) is 5.70. The van der Waals surface area contributed by atoms with E-state index in [1.165, 1.54) is 0 Å². The Morgan fingerprint density at radius 1 is 1.57 bits per heavy atom. The molecule has 1 aliphatic rings. The summed E-state index contributed by atoms with van der Waals surface area (Å²) in [5.41, 5.74) is 0. The second kappa shape index (κ2) is 4.59. The van der Waals surface area contributed by atoms with Crippen LogP contribution in [0.2, 0.25) is 0 Å². The molecule has 0 aliphatic carbocycles. The van der Waals surface area contributed by atoms with Gasteiger partial charge in [-0.25, -0.2) is 8.42 Å². The molecule has 84 valence electrons. The predicted molar refractivity (Wildman–Crippen MR) is 58.2 cm³/mol. The fourth-order valence-electron chi connectivity index (χ4n) is 2.08. The maximum absolute atomic E-state index is 11.3. The summed E-state index contributed by atoms with van der Waals surface area (Å²) in [5.74, 6) is 0.618. The molecule has 0 bridgehead atoms. The summed E-state index contributed by atoms with van der Waals surface area (Å²) in [7, 11) is -0.857. The quantitative estimate of drug-likeness (QED) is 0.710. The van der Waals surface area contributed by atoms with Crippen LogP contribution in [0.4, 0.5) is 0 Å². The maximum Gasteiger partial charge on any atom is 0.153 e. The number of likely N-dealkylation sites (N-methyl/N-ethyl adjacent to an activating group) is 1. The van der Waals surface area contributed by atoms with Crippen LogP contribution in [0.5, 0.6) is 0 Å². The largest absolute Gasteiger partial charge is 0.318 e. The van der Waals surface area contributed by atoms with Gasteiger partial charge in [0.05, 0.1) is 11.5 Å². The Hall–Kier alpha value is -0.130. The van der Waals surface area contributed by atoms with Crippen molar-refractivity contribution in [2.75, 3.05) is 31.6 Å². The van der Waals surface area contributed by atoms with Crippen LogP contribution in [0.25, 0.3) is 0 Å². The SMILES string of the molecule is CNCC(C)N1CCS(=O)(=O)CC1C. The molecule has 2 atom stereocenters. The summed E-state index contributed by atoms with van der Waals surface area (Å²) in [4.78, 5) is 2.26. The third-order valence-corrected chi connectivity index (χ3v) is 4.58. The molecule has 1 aliphatic heterocycles. The number of sulfone groups is 1. The highest BCUT2D eigenvalue weighted by molar-refractivity contribution is 7.91. The van der Waals surface area contributed by atoms with E-state index in [1.54, 1.807) is 0 Å². The van der Waals surface area contributed by atoms with Crippen molar-refractivity contribution in [1.29, 1.82) is 0 Å².